The van der Waals surface area contributed by atoms with Crippen LogP contribution in [0.4, 0.5) is 17.2 Å². The maximum absolute atomic E-state index is 12.3. The van der Waals surface area contributed by atoms with Gasteiger partial charge in [0.1, 0.15) is 5.82 Å². The normalized spacial score (nSPS) is 11.1. The van der Waals surface area contributed by atoms with Crippen LogP contribution < -0.4 is 10.6 Å². The number of nitrogens with one attached hydrogen (secondary N) is 2. The lowest BCUT2D eigenvalue weighted by molar-refractivity contribution is 0.102. The van der Waals surface area contributed by atoms with Crippen LogP contribution in [0.3, 0.4) is 0 Å². The van der Waals surface area contributed by atoms with Crippen LogP contribution in [-0.4, -0.2) is 10.9 Å². The highest BCUT2D eigenvalue weighted by molar-refractivity contribution is 6.04. The number of aryl methyl sites for hydroxylation is 1. The van der Waals surface area contributed by atoms with Crippen LogP contribution in [0.5, 0.6) is 0 Å². The van der Waals surface area contributed by atoms with Gasteiger partial charge in [0.2, 0.25) is 0 Å². The first-order chi connectivity index (χ1) is 12.8. The van der Waals surface area contributed by atoms with Crippen LogP contribution in [0.25, 0.3) is 0 Å². The van der Waals surface area contributed by atoms with Gasteiger partial charge in [-0.05, 0) is 54.3 Å². The number of rotatable bonds is 4. The number of hydrogen-bond acceptors (Lipinski definition) is 3. The van der Waals surface area contributed by atoms with Gasteiger partial charge in [0, 0.05) is 11.3 Å². The molecule has 0 bridgehead atoms. The molecule has 0 radical (unpaired) electrons. The van der Waals surface area contributed by atoms with Gasteiger partial charge in [-0.25, -0.2) is 4.98 Å². The number of benzene rings is 2. The highest BCUT2D eigenvalue weighted by Crippen LogP contribution is 2.24. The van der Waals surface area contributed by atoms with Crippen molar-refractivity contribution in [1.82, 2.24) is 4.98 Å². The van der Waals surface area contributed by atoms with E-state index in [1.54, 1.807) is 12.3 Å². The highest BCUT2D eigenvalue weighted by atomic mass is 16.1. The van der Waals surface area contributed by atoms with E-state index in [9.17, 15) is 4.79 Å². The summed E-state index contributed by atoms with van der Waals surface area (Å²) in [7, 11) is 0. The van der Waals surface area contributed by atoms with Gasteiger partial charge >= 0.3 is 0 Å². The van der Waals surface area contributed by atoms with Crippen LogP contribution in [0.2, 0.25) is 0 Å². The number of anilines is 3. The van der Waals surface area contributed by atoms with Crippen LogP contribution in [0.15, 0.2) is 66.9 Å². The predicted octanol–water partition coefficient (Wildman–Crippen LogP) is 5.68. The maximum Gasteiger partial charge on any atom is 0.255 e. The van der Waals surface area contributed by atoms with Crippen LogP contribution >= 0.6 is 0 Å². The van der Waals surface area contributed by atoms with E-state index in [1.165, 1.54) is 5.56 Å². The Hall–Kier alpha value is -3.14. The van der Waals surface area contributed by atoms with Crippen LogP contribution in [-0.2, 0) is 5.41 Å². The van der Waals surface area contributed by atoms with Gasteiger partial charge in [-0.3, -0.25) is 4.79 Å². The van der Waals surface area contributed by atoms with E-state index >= 15 is 0 Å². The summed E-state index contributed by atoms with van der Waals surface area (Å²) in [6.45, 7) is 8.55. The summed E-state index contributed by atoms with van der Waals surface area (Å²) in [5, 5.41) is 6.15. The van der Waals surface area contributed by atoms with Gasteiger partial charge in [-0.2, -0.15) is 0 Å². The zero-order valence-electron chi connectivity index (χ0n) is 16.2. The molecule has 0 saturated heterocycles. The number of hydrogen-bond donors (Lipinski definition) is 2. The second kappa shape index (κ2) is 7.62. The molecular formula is C23H25N3O. The lowest BCUT2D eigenvalue weighted by atomic mass is 9.87. The molecule has 27 heavy (non-hydrogen) atoms. The Morgan fingerprint density at radius 1 is 0.926 bits per heavy atom. The first-order valence-corrected chi connectivity index (χ1v) is 9.03. The van der Waals surface area contributed by atoms with E-state index in [0.29, 0.717) is 11.3 Å². The quantitative estimate of drug-likeness (QED) is 0.630. The average molecular weight is 359 g/mol. The molecule has 0 unspecified atom stereocenters. The summed E-state index contributed by atoms with van der Waals surface area (Å²) in [5.41, 5.74) is 4.75. The van der Waals surface area contributed by atoms with Gasteiger partial charge in [-0.15, -0.1) is 0 Å². The fourth-order valence-electron chi connectivity index (χ4n) is 2.73. The molecule has 0 fully saturated rings. The third-order valence-electron chi connectivity index (χ3n) is 4.32. The molecule has 2 N–H and O–H groups in total. The molecule has 0 aliphatic rings. The van der Waals surface area contributed by atoms with Crippen molar-refractivity contribution >= 4 is 23.1 Å². The Morgan fingerprint density at radius 2 is 1.63 bits per heavy atom. The fraction of sp³-hybridized carbons (Fsp3) is 0.217. The predicted molar refractivity (Wildman–Crippen MR) is 112 cm³/mol. The number of carbonyl (C=O) groups is 1. The minimum absolute atomic E-state index is 0.133. The second-order valence-corrected chi connectivity index (χ2v) is 7.71. The topological polar surface area (TPSA) is 54.0 Å². The van der Waals surface area contributed by atoms with Crippen molar-refractivity contribution in [2.75, 3.05) is 10.6 Å². The number of nitrogens with zero attached hydrogens (tertiary/aromatic N) is 1. The van der Waals surface area contributed by atoms with Gasteiger partial charge in [-0.1, -0.05) is 50.6 Å². The largest absolute Gasteiger partial charge is 0.340 e. The van der Waals surface area contributed by atoms with E-state index in [2.05, 4.69) is 60.7 Å². The molecule has 4 nitrogen and oxygen atoms in total. The summed E-state index contributed by atoms with van der Waals surface area (Å²) in [6, 6.07) is 19.5. The molecule has 2 aromatic carbocycles. The average Bonchev–Trinajstić information content (AvgIpc) is 2.63. The minimum atomic E-state index is -0.140. The van der Waals surface area contributed by atoms with Crippen molar-refractivity contribution < 1.29 is 4.79 Å². The summed E-state index contributed by atoms with van der Waals surface area (Å²) < 4.78 is 0. The smallest absolute Gasteiger partial charge is 0.255 e. The van der Waals surface area contributed by atoms with Crippen molar-refractivity contribution in [3.05, 3.63) is 83.6 Å². The Kier molecular flexibility index (Phi) is 5.26. The van der Waals surface area contributed by atoms with Gasteiger partial charge in [0.25, 0.3) is 5.91 Å². The zero-order chi connectivity index (χ0) is 19.4. The molecule has 3 rings (SSSR count). The number of pyridine rings is 1. The summed E-state index contributed by atoms with van der Waals surface area (Å²) in [4.78, 5) is 16.7. The molecule has 138 valence electrons. The first-order valence-electron chi connectivity index (χ1n) is 9.03. The van der Waals surface area contributed by atoms with E-state index in [1.807, 2.05) is 37.3 Å². The molecule has 0 spiro atoms. The summed E-state index contributed by atoms with van der Waals surface area (Å²) >= 11 is 0. The monoisotopic (exact) mass is 359 g/mol. The zero-order valence-corrected chi connectivity index (χ0v) is 16.2. The molecular weight excluding hydrogens is 334 g/mol. The van der Waals surface area contributed by atoms with Crippen molar-refractivity contribution in [3.8, 4) is 0 Å². The van der Waals surface area contributed by atoms with Crippen LogP contribution in [0, 0.1) is 6.92 Å². The summed E-state index contributed by atoms with van der Waals surface area (Å²) in [5.74, 6) is 0.589. The SMILES string of the molecule is Cc1cccc(C(=O)Nc2ccc(Nc3ccc(C(C)(C)C)cc3)nc2)c1. The lowest BCUT2D eigenvalue weighted by Gasteiger charge is -2.19. The van der Waals surface area contributed by atoms with Crippen LogP contribution in [0.1, 0.15) is 42.3 Å². The Balaban J connectivity index is 1.64. The Labute approximate surface area is 160 Å². The number of amides is 1. The molecule has 1 aromatic heterocycles. The molecule has 0 saturated carbocycles. The van der Waals surface area contributed by atoms with Crippen molar-refractivity contribution in [1.29, 1.82) is 0 Å². The van der Waals surface area contributed by atoms with Gasteiger partial charge in [0.05, 0.1) is 11.9 Å². The second-order valence-electron chi connectivity index (χ2n) is 7.71. The molecule has 1 amide bonds. The molecule has 1 heterocycles. The van der Waals surface area contributed by atoms with Gasteiger partial charge in [0.15, 0.2) is 0 Å². The fourth-order valence-corrected chi connectivity index (χ4v) is 2.73. The number of carbonyl (C=O) groups excluding carboxylic acids is 1. The highest BCUT2D eigenvalue weighted by Gasteiger charge is 2.13. The van der Waals surface area contributed by atoms with E-state index in [0.717, 1.165) is 17.1 Å². The Bertz CT molecular complexity index is 923. The standard InChI is InChI=1S/C23H25N3O/c1-16-6-5-7-17(14-16)22(27)26-20-12-13-21(24-15-20)25-19-10-8-18(9-11-19)23(2,3)4/h5-15H,1-4H3,(H,24,25)(H,26,27). The van der Waals surface area contributed by atoms with E-state index in [-0.39, 0.29) is 11.3 Å². The van der Waals surface area contributed by atoms with E-state index in [4.69, 9.17) is 0 Å². The lowest BCUT2D eigenvalue weighted by Crippen LogP contribution is -2.12. The molecule has 0 aliphatic carbocycles. The first kappa shape index (κ1) is 18.6. The molecule has 4 heteroatoms. The minimum Gasteiger partial charge on any atom is -0.340 e. The molecule has 0 atom stereocenters. The third kappa shape index (κ3) is 4.94. The molecule has 3 aromatic rings. The van der Waals surface area contributed by atoms with Crippen molar-refractivity contribution in [3.63, 3.8) is 0 Å². The number of aromatic nitrogens is 1. The maximum atomic E-state index is 12.3. The van der Waals surface area contributed by atoms with Crippen molar-refractivity contribution in [2.45, 2.75) is 33.1 Å². The molecule has 0 aliphatic heterocycles. The Morgan fingerprint density at radius 3 is 2.22 bits per heavy atom. The van der Waals surface area contributed by atoms with Gasteiger partial charge < -0.3 is 10.6 Å². The van der Waals surface area contributed by atoms with E-state index < -0.39 is 0 Å². The summed E-state index contributed by atoms with van der Waals surface area (Å²) in [6.07, 6.45) is 1.65. The van der Waals surface area contributed by atoms with Crippen molar-refractivity contribution in [2.24, 2.45) is 0 Å². The third-order valence-corrected chi connectivity index (χ3v) is 4.32.